The van der Waals surface area contributed by atoms with Crippen LogP contribution in [0.25, 0.3) is 20.7 Å². The van der Waals surface area contributed by atoms with Crippen LogP contribution in [0.4, 0.5) is 5.69 Å². The largest absolute Gasteiger partial charge is 0.497 e. The minimum atomic E-state index is -0.376. The number of rotatable bonds is 7. The number of ether oxygens (including phenoxy) is 1. The summed E-state index contributed by atoms with van der Waals surface area (Å²) in [5.41, 5.74) is 1.88. The molecule has 0 unspecified atom stereocenters. The maximum atomic E-state index is 12.9. The zero-order valence-corrected chi connectivity index (χ0v) is 19.0. The molecule has 0 radical (unpaired) electrons. The molecule has 0 aliphatic rings. The molecule has 0 fully saturated rings. The van der Waals surface area contributed by atoms with Crippen LogP contribution in [-0.2, 0) is 16.1 Å². The third kappa shape index (κ3) is 5.09. The quantitative estimate of drug-likeness (QED) is 0.455. The summed E-state index contributed by atoms with van der Waals surface area (Å²) in [6.07, 6.45) is 1.37. The Morgan fingerprint density at radius 2 is 1.91 bits per heavy atom. The molecule has 0 atom stereocenters. The second kappa shape index (κ2) is 9.66. The topological polar surface area (TPSA) is 93.5 Å². The zero-order chi connectivity index (χ0) is 23.4. The van der Waals surface area contributed by atoms with Crippen molar-refractivity contribution in [2.45, 2.75) is 6.54 Å². The number of methoxy groups -OCH3 is 1. The Labute approximate surface area is 194 Å². The summed E-state index contributed by atoms with van der Waals surface area (Å²) in [6, 6.07) is 18.6. The maximum absolute atomic E-state index is 12.9. The van der Waals surface area contributed by atoms with E-state index in [2.05, 4.69) is 10.3 Å². The Hall–Kier alpha value is -3.98. The van der Waals surface area contributed by atoms with Crippen LogP contribution in [0.3, 0.4) is 0 Å². The standard InChI is InChI=1S/C24H22N4O4S/c1-27(13-21(29)26-17-9-6-10-18(11-17)32-2)22(30)14-28-15-25-19-12-20(33-23(19)24(28)31)16-7-4-3-5-8-16/h3-12,15H,13-14H2,1-2H3,(H,26,29). The molecule has 2 aromatic carbocycles. The molecule has 9 heteroatoms. The van der Waals surface area contributed by atoms with Gasteiger partial charge in [0.1, 0.15) is 17.0 Å². The number of hydrogen-bond donors (Lipinski definition) is 1. The summed E-state index contributed by atoms with van der Waals surface area (Å²) in [5.74, 6) is -0.117. The number of thiophene rings is 1. The Morgan fingerprint density at radius 1 is 1.12 bits per heavy atom. The molecule has 0 saturated heterocycles. The first-order valence-corrected chi connectivity index (χ1v) is 11.0. The monoisotopic (exact) mass is 462 g/mol. The van der Waals surface area contributed by atoms with Crippen molar-refractivity contribution < 1.29 is 14.3 Å². The van der Waals surface area contributed by atoms with Crippen molar-refractivity contribution in [3.63, 3.8) is 0 Å². The number of amides is 2. The van der Waals surface area contributed by atoms with Gasteiger partial charge >= 0.3 is 0 Å². The van der Waals surface area contributed by atoms with Crippen LogP contribution in [0.2, 0.25) is 0 Å². The van der Waals surface area contributed by atoms with Crippen LogP contribution in [0.5, 0.6) is 5.75 Å². The van der Waals surface area contributed by atoms with Crippen molar-refractivity contribution in [1.29, 1.82) is 0 Å². The van der Waals surface area contributed by atoms with Crippen molar-refractivity contribution >= 4 is 39.1 Å². The van der Waals surface area contributed by atoms with E-state index >= 15 is 0 Å². The molecule has 168 valence electrons. The summed E-state index contributed by atoms with van der Waals surface area (Å²) in [7, 11) is 3.06. The second-order valence-electron chi connectivity index (χ2n) is 7.40. The lowest BCUT2D eigenvalue weighted by molar-refractivity contribution is -0.133. The smallest absolute Gasteiger partial charge is 0.271 e. The Bertz CT molecular complexity index is 1360. The third-order valence-electron chi connectivity index (χ3n) is 5.03. The number of aromatic nitrogens is 2. The fourth-order valence-corrected chi connectivity index (χ4v) is 4.34. The highest BCUT2D eigenvalue weighted by Crippen LogP contribution is 2.30. The number of hydrogen-bond acceptors (Lipinski definition) is 6. The second-order valence-corrected chi connectivity index (χ2v) is 8.45. The summed E-state index contributed by atoms with van der Waals surface area (Å²) in [5, 5.41) is 2.73. The van der Waals surface area contributed by atoms with Gasteiger partial charge in [-0.15, -0.1) is 11.3 Å². The highest BCUT2D eigenvalue weighted by molar-refractivity contribution is 7.22. The zero-order valence-electron chi connectivity index (χ0n) is 18.1. The highest BCUT2D eigenvalue weighted by Gasteiger charge is 2.17. The van der Waals surface area contributed by atoms with E-state index in [1.54, 1.807) is 31.4 Å². The van der Waals surface area contributed by atoms with Gasteiger partial charge < -0.3 is 15.0 Å². The summed E-state index contributed by atoms with van der Waals surface area (Å²) < 4.78 is 6.90. The van der Waals surface area contributed by atoms with Crippen molar-refractivity contribution in [2.75, 3.05) is 26.0 Å². The minimum absolute atomic E-state index is 0.155. The molecule has 0 aliphatic carbocycles. The van der Waals surface area contributed by atoms with Gasteiger partial charge in [-0.25, -0.2) is 4.98 Å². The molecule has 0 bridgehead atoms. The lowest BCUT2D eigenvalue weighted by Crippen LogP contribution is -2.38. The fourth-order valence-electron chi connectivity index (χ4n) is 3.27. The van der Waals surface area contributed by atoms with E-state index in [-0.39, 0.29) is 30.5 Å². The number of anilines is 1. The Balaban J connectivity index is 1.43. The van der Waals surface area contributed by atoms with E-state index in [1.165, 1.54) is 34.2 Å². The van der Waals surface area contributed by atoms with Crippen LogP contribution in [0.15, 0.2) is 71.8 Å². The molecule has 2 aromatic heterocycles. The van der Waals surface area contributed by atoms with E-state index in [4.69, 9.17) is 4.74 Å². The van der Waals surface area contributed by atoms with E-state index in [1.807, 2.05) is 36.4 Å². The van der Waals surface area contributed by atoms with Gasteiger partial charge in [0.05, 0.1) is 25.5 Å². The third-order valence-corrected chi connectivity index (χ3v) is 6.19. The van der Waals surface area contributed by atoms with Crippen molar-refractivity contribution in [1.82, 2.24) is 14.5 Å². The lowest BCUT2D eigenvalue weighted by atomic mass is 10.2. The first-order chi connectivity index (χ1) is 15.9. The van der Waals surface area contributed by atoms with Crippen LogP contribution in [0, 0.1) is 0 Å². The number of likely N-dealkylation sites (N-methyl/N-ethyl adjacent to an activating group) is 1. The molecular weight excluding hydrogens is 440 g/mol. The molecule has 2 heterocycles. The fraction of sp³-hybridized carbons (Fsp3) is 0.167. The predicted octanol–water partition coefficient (Wildman–Crippen LogP) is 3.23. The molecule has 4 aromatic rings. The Morgan fingerprint density at radius 3 is 2.67 bits per heavy atom. The molecule has 0 saturated carbocycles. The number of nitrogens with one attached hydrogen (secondary N) is 1. The van der Waals surface area contributed by atoms with Crippen LogP contribution >= 0.6 is 11.3 Å². The molecule has 0 spiro atoms. The van der Waals surface area contributed by atoms with E-state index in [0.717, 1.165) is 10.4 Å². The van der Waals surface area contributed by atoms with Gasteiger partial charge in [-0.1, -0.05) is 36.4 Å². The Kier molecular flexibility index (Phi) is 6.50. The molecule has 33 heavy (non-hydrogen) atoms. The number of carbonyl (C=O) groups excluding carboxylic acids is 2. The van der Waals surface area contributed by atoms with Gasteiger partial charge in [0.25, 0.3) is 5.56 Å². The van der Waals surface area contributed by atoms with Gasteiger partial charge in [-0.3, -0.25) is 19.0 Å². The maximum Gasteiger partial charge on any atom is 0.271 e. The SMILES string of the molecule is COc1cccc(NC(=O)CN(C)C(=O)Cn2cnc3cc(-c4ccccc4)sc3c2=O)c1. The van der Waals surface area contributed by atoms with E-state index in [9.17, 15) is 14.4 Å². The number of nitrogens with zero attached hydrogens (tertiary/aromatic N) is 3. The van der Waals surface area contributed by atoms with Crippen molar-refractivity contribution in [2.24, 2.45) is 0 Å². The molecule has 4 rings (SSSR count). The van der Waals surface area contributed by atoms with Crippen LogP contribution in [-0.4, -0.2) is 47.0 Å². The number of carbonyl (C=O) groups is 2. The summed E-state index contributed by atoms with van der Waals surface area (Å²) >= 11 is 1.35. The average molecular weight is 463 g/mol. The number of fused-ring (bicyclic) bond motifs is 1. The van der Waals surface area contributed by atoms with Gasteiger partial charge in [0.15, 0.2) is 0 Å². The van der Waals surface area contributed by atoms with E-state index in [0.29, 0.717) is 21.7 Å². The predicted molar refractivity (Wildman–Crippen MR) is 129 cm³/mol. The van der Waals surface area contributed by atoms with Crippen LogP contribution < -0.4 is 15.6 Å². The molecule has 8 nitrogen and oxygen atoms in total. The molecule has 2 amide bonds. The molecular formula is C24H22N4O4S. The van der Waals surface area contributed by atoms with Gasteiger partial charge in [-0.05, 0) is 23.8 Å². The van der Waals surface area contributed by atoms with Crippen molar-refractivity contribution in [3.05, 3.63) is 77.3 Å². The van der Waals surface area contributed by atoms with Gasteiger partial charge in [0, 0.05) is 23.7 Å². The van der Waals surface area contributed by atoms with Gasteiger partial charge in [0.2, 0.25) is 11.8 Å². The molecule has 0 aliphatic heterocycles. The minimum Gasteiger partial charge on any atom is -0.497 e. The molecule has 1 N–H and O–H groups in total. The average Bonchev–Trinajstić information content (AvgIpc) is 3.26. The summed E-state index contributed by atoms with van der Waals surface area (Å²) in [4.78, 5) is 44.5. The van der Waals surface area contributed by atoms with E-state index < -0.39 is 0 Å². The summed E-state index contributed by atoms with van der Waals surface area (Å²) in [6.45, 7) is -0.360. The first-order valence-electron chi connectivity index (χ1n) is 10.2. The van der Waals surface area contributed by atoms with Crippen molar-refractivity contribution in [3.8, 4) is 16.2 Å². The highest BCUT2D eigenvalue weighted by atomic mass is 32.1. The lowest BCUT2D eigenvalue weighted by Gasteiger charge is -2.17. The number of benzene rings is 2. The normalized spacial score (nSPS) is 10.7. The van der Waals surface area contributed by atoms with Gasteiger partial charge in [-0.2, -0.15) is 0 Å². The first kappa shape index (κ1) is 22.2. The van der Waals surface area contributed by atoms with Crippen LogP contribution in [0.1, 0.15) is 0 Å².